The zero-order valence-corrected chi connectivity index (χ0v) is 7.38. The van der Waals surface area contributed by atoms with E-state index in [1.807, 2.05) is 22.9 Å². The van der Waals surface area contributed by atoms with Crippen molar-refractivity contribution in [2.75, 3.05) is 5.73 Å². The molecule has 14 heavy (non-hydrogen) atoms. The number of nitrogens with zero attached hydrogens (tertiary/aromatic N) is 3. The van der Waals surface area contributed by atoms with Gasteiger partial charge in [-0.25, -0.2) is 4.98 Å². The predicted octanol–water partition coefficient (Wildman–Crippen LogP) is 1.33. The van der Waals surface area contributed by atoms with Crippen LogP contribution in [0.5, 0.6) is 0 Å². The van der Waals surface area contributed by atoms with E-state index < -0.39 is 0 Å². The Morgan fingerprint density at radius 1 is 1.43 bits per heavy atom. The van der Waals surface area contributed by atoms with Crippen molar-refractivity contribution in [1.82, 2.24) is 9.55 Å². The summed E-state index contributed by atoms with van der Waals surface area (Å²) in [6, 6.07) is 7.33. The van der Waals surface area contributed by atoms with Gasteiger partial charge in [0.05, 0.1) is 11.9 Å². The Morgan fingerprint density at radius 2 is 2.29 bits per heavy atom. The number of anilines is 1. The van der Waals surface area contributed by atoms with E-state index in [9.17, 15) is 0 Å². The van der Waals surface area contributed by atoms with Gasteiger partial charge in [-0.2, -0.15) is 5.26 Å². The van der Waals surface area contributed by atoms with Crippen LogP contribution in [0.25, 0.3) is 5.69 Å². The molecule has 2 aromatic rings. The van der Waals surface area contributed by atoms with Gasteiger partial charge >= 0.3 is 0 Å². The maximum absolute atomic E-state index is 8.79. The van der Waals surface area contributed by atoms with Crippen LogP contribution in [0.2, 0.25) is 0 Å². The molecule has 0 atom stereocenters. The fraction of sp³-hybridized carbons (Fsp3) is 0. The van der Waals surface area contributed by atoms with Crippen molar-refractivity contribution in [3.63, 3.8) is 0 Å². The molecule has 0 bridgehead atoms. The molecule has 0 unspecified atom stereocenters. The fourth-order valence-corrected chi connectivity index (χ4v) is 1.21. The van der Waals surface area contributed by atoms with Crippen LogP contribution >= 0.6 is 0 Å². The monoisotopic (exact) mass is 184 g/mol. The number of nitrogen functional groups attached to an aromatic ring is 1. The van der Waals surface area contributed by atoms with Crippen molar-refractivity contribution in [1.29, 1.82) is 5.26 Å². The van der Waals surface area contributed by atoms with E-state index in [-0.39, 0.29) is 0 Å². The van der Waals surface area contributed by atoms with Gasteiger partial charge in [0, 0.05) is 23.8 Å². The fourth-order valence-electron chi connectivity index (χ4n) is 1.21. The highest BCUT2D eigenvalue weighted by molar-refractivity contribution is 5.58. The number of hydrogen-bond donors (Lipinski definition) is 1. The first-order valence-electron chi connectivity index (χ1n) is 4.09. The third kappa shape index (κ3) is 1.31. The van der Waals surface area contributed by atoms with Gasteiger partial charge in [0.25, 0.3) is 0 Å². The minimum absolute atomic E-state index is 0.483. The maximum atomic E-state index is 8.79. The molecule has 0 aliphatic carbocycles. The molecule has 0 radical (unpaired) electrons. The first-order chi connectivity index (χ1) is 6.81. The van der Waals surface area contributed by atoms with Gasteiger partial charge in [0.15, 0.2) is 0 Å². The van der Waals surface area contributed by atoms with Gasteiger partial charge in [-0.15, -0.1) is 0 Å². The highest BCUT2D eigenvalue weighted by atomic mass is 15.0. The third-order valence-electron chi connectivity index (χ3n) is 1.96. The van der Waals surface area contributed by atoms with Crippen molar-refractivity contribution >= 4 is 5.69 Å². The number of nitriles is 1. The number of aromatic nitrogens is 2. The summed E-state index contributed by atoms with van der Waals surface area (Å²) in [6.45, 7) is 0. The molecule has 0 saturated carbocycles. The summed E-state index contributed by atoms with van der Waals surface area (Å²) in [7, 11) is 0. The molecule has 0 saturated heterocycles. The highest BCUT2D eigenvalue weighted by Crippen LogP contribution is 2.15. The second-order valence-corrected chi connectivity index (χ2v) is 2.85. The Bertz CT molecular complexity index is 479. The van der Waals surface area contributed by atoms with Gasteiger partial charge in [0.2, 0.25) is 0 Å². The summed E-state index contributed by atoms with van der Waals surface area (Å²) in [5, 5.41) is 8.79. The van der Waals surface area contributed by atoms with Gasteiger partial charge < -0.3 is 10.3 Å². The summed E-state index contributed by atoms with van der Waals surface area (Å²) in [6.07, 6.45) is 5.17. The van der Waals surface area contributed by atoms with Crippen molar-refractivity contribution < 1.29 is 0 Å². The normalized spacial score (nSPS) is 9.64. The lowest BCUT2D eigenvalue weighted by Crippen LogP contribution is -1.94. The number of nitrogens with two attached hydrogens (primary N) is 1. The highest BCUT2D eigenvalue weighted by Gasteiger charge is 2.00. The molecule has 0 aliphatic rings. The van der Waals surface area contributed by atoms with Gasteiger partial charge in [-0.1, -0.05) is 0 Å². The lowest BCUT2D eigenvalue weighted by molar-refractivity contribution is 1.06. The molecule has 4 nitrogen and oxygen atoms in total. The second-order valence-electron chi connectivity index (χ2n) is 2.85. The molecule has 0 fully saturated rings. The summed E-state index contributed by atoms with van der Waals surface area (Å²) >= 11 is 0. The van der Waals surface area contributed by atoms with E-state index in [0.717, 1.165) is 5.69 Å². The van der Waals surface area contributed by atoms with E-state index in [2.05, 4.69) is 4.98 Å². The number of rotatable bonds is 1. The molecule has 0 amide bonds. The minimum Gasteiger partial charge on any atom is -0.398 e. The third-order valence-corrected chi connectivity index (χ3v) is 1.96. The Hall–Kier alpha value is -2.28. The molecule has 2 rings (SSSR count). The standard InChI is InChI=1S/C10H8N4/c11-6-8-5-9(1-2-10(8)12)14-4-3-13-7-14/h1-5,7H,12H2. The number of hydrogen-bond acceptors (Lipinski definition) is 3. The lowest BCUT2D eigenvalue weighted by Gasteiger charge is -2.03. The van der Waals surface area contributed by atoms with Crippen LogP contribution < -0.4 is 5.73 Å². The Kier molecular flexibility index (Phi) is 1.92. The lowest BCUT2D eigenvalue weighted by atomic mass is 10.2. The molecular weight excluding hydrogens is 176 g/mol. The second kappa shape index (κ2) is 3.23. The summed E-state index contributed by atoms with van der Waals surface area (Å²) in [5.74, 6) is 0. The van der Waals surface area contributed by atoms with Crippen molar-refractivity contribution in [3.8, 4) is 11.8 Å². The molecule has 4 heteroatoms. The zero-order valence-electron chi connectivity index (χ0n) is 7.38. The minimum atomic E-state index is 0.483. The van der Waals surface area contributed by atoms with Gasteiger partial charge in [0.1, 0.15) is 6.07 Å². The van der Waals surface area contributed by atoms with E-state index in [4.69, 9.17) is 11.0 Å². The van der Waals surface area contributed by atoms with Crippen molar-refractivity contribution in [3.05, 3.63) is 42.5 Å². The number of benzene rings is 1. The molecule has 2 N–H and O–H groups in total. The maximum Gasteiger partial charge on any atom is 0.101 e. The van der Waals surface area contributed by atoms with Gasteiger partial charge in [-0.3, -0.25) is 0 Å². The van der Waals surface area contributed by atoms with Crippen molar-refractivity contribution in [2.45, 2.75) is 0 Å². The van der Waals surface area contributed by atoms with Gasteiger partial charge in [-0.05, 0) is 18.2 Å². The van der Waals surface area contributed by atoms with Crippen LogP contribution in [0, 0.1) is 11.3 Å². The first kappa shape index (κ1) is 8.32. The number of imidazole rings is 1. The zero-order chi connectivity index (χ0) is 9.97. The van der Waals surface area contributed by atoms with Crippen LogP contribution in [0.4, 0.5) is 5.69 Å². The smallest absolute Gasteiger partial charge is 0.101 e. The Morgan fingerprint density at radius 3 is 2.93 bits per heavy atom. The topological polar surface area (TPSA) is 67.6 Å². The van der Waals surface area contributed by atoms with Crippen LogP contribution in [-0.4, -0.2) is 9.55 Å². The van der Waals surface area contributed by atoms with Crippen molar-refractivity contribution in [2.24, 2.45) is 0 Å². The molecule has 1 heterocycles. The molecule has 1 aromatic heterocycles. The summed E-state index contributed by atoms with van der Waals surface area (Å²) in [4.78, 5) is 3.93. The average molecular weight is 184 g/mol. The molecule has 1 aromatic carbocycles. The van der Waals surface area contributed by atoms with E-state index in [1.54, 1.807) is 24.7 Å². The van der Waals surface area contributed by atoms with E-state index >= 15 is 0 Å². The van der Waals surface area contributed by atoms with E-state index in [0.29, 0.717) is 11.3 Å². The van der Waals surface area contributed by atoms with Crippen LogP contribution in [0.3, 0.4) is 0 Å². The SMILES string of the molecule is N#Cc1cc(-n2ccnc2)ccc1N. The summed E-state index contributed by atoms with van der Waals surface area (Å²) in [5.41, 5.74) is 7.47. The molecule has 0 spiro atoms. The molecular formula is C10H8N4. The summed E-state index contributed by atoms with van der Waals surface area (Å²) < 4.78 is 1.82. The van der Waals surface area contributed by atoms with Crippen LogP contribution in [0.1, 0.15) is 5.56 Å². The van der Waals surface area contributed by atoms with Crippen LogP contribution in [-0.2, 0) is 0 Å². The predicted molar refractivity (Wildman–Crippen MR) is 52.7 cm³/mol. The molecule has 0 aliphatic heterocycles. The quantitative estimate of drug-likeness (QED) is 0.680. The van der Waals surface area contributed by atoms with Crippen LogP contribution in [0.15, 0.2) is 36.9 Å². The first-order valence-corrected chi connectivity index (χ1v) is 4.09. The van der Waals surface area contributed by atoms with E-state index in [1.165, 1.54) is 0 Å². The Balaban J connectivity index is 2.53. The molecule has 68 valence electrons. The average Bonchev–Trinajstić information content (AvgIpc) is 2.71. The largest absolute Gasteiger partial charge is 0.398 e. The Labute approximate surface area is 81.2 Å².